The number of hydrogen-bond donors (Lipinski definition) is 0. The predicted molar refractivity (Wildman–Crippen MR) is 92.0 cm³/mol. The summed E-state index contributed by atoms with van der Waals surface area (Å²) in [5, 5.41) is 0. The maximum Gasteiger partial charge on any atom is 0.197 e. The van der Waals surface area contributed by atoms with Gasteiger partial charge in [-0.05, 0) is 38.8 Å². The summed E-state index contributed by atoms with van der Waals surface area (Å²) in [5.41, 5.74) is 0.855. The van der Waals surface area contributed by atoms with Crippen LogP contribution in [0.25, 0.3) is 10.2 Å². The monoisotopic (exact) mass is 324 g/mol. The highest BCUT2D eigenvalue weighted by Gasteiger charge is 2.31. The lowest BCUT2D eigenvalue weighted by molar-refractivity contribution is 0.228. The van der Waals surface area contributed by atoms with Crippen LogP contribution in [0.2, 0.25) is 0 Å². The highest BCUT2D eigenvalue weighted by molar-refractivity contribution is 7.85. The molecule has 5 heteroatoms. The number of aromatic nitrogens is 1. The lowest BCUT2D eigenvalue weighted by atomic mass is 10.0. The first-order chi connectivity index (χ1) is 9.99. The maximum absolute atomic E-state index is 13.0. The van der Waals surface area contributed by atoms with E-state index in [0.29, 0.717) is 4.34 Å². The summed E-state index contributed by atoms with van der Waals surface area (Å²) in [4.78, 5) is 4.57. The van der Waals surface area contributed by atoms with Crippen molar-refractivity contribution in [1.29, 1.82) is 0 Å². The average molecular weight is 325 g/mol. The number of para-hydroxylation sites is 1. The van der Waals surface area contributed by atoms with Crippen molar-refractivity contribution in [2.45, 2.75) is 56.8 Å². The first kappa shape index (κ1) is 16.6. The van der Waals surface area contributed by atoms with Gasteiger partial charge in [-0.1, -0.05) is 32.4 Å². The molecule has 0 aliphatic heterocycles. The van der Waals surface area contributed by atoms with E-state index < -0.39 is 11.0 Å². The molecule has 1 heterocycles. The standard InChI is InChI=1S/C16H24N2OS2/c1-5-7-12-18(16(3,4)6-2)21(19)15-17-13-10-8-9-11-14(13)20-15/h8-11H,5-7,12H2,1-4H3. The Morgan fingerprint density at radius 2 is 2.00 bits per heavy atom. The van der Waals surface area contributed by atoms with E-state index >= 15 is 0 Å². The van der Waals surface area contributed by atoms with Crippen LogP contribution in [0.3, 0.4) is 0 Å². The Morgan fingerprint density at radius 1 is 1.29 bits per heavy atom. The minimum Gasteiger partial charge on any atom is -0.235 e. The van der Waals surface area contributed by atoms with E-state index in [1.165, 1.54) is 0 Å². The molecule has 0 aliphatic carbocycles. The molecular formula is C16H24N2OS2. The van der Waals surface area contributed by atoms with Gasteiger partial charge in [-0.25, -0.2) is 13.5 Å². The molecule has 0 bridgehead atoms. The molecule has 116 valence electrons. The molecule has 0 fully saturated rings. The first-order valence-electron chi connectivity index (χ1n) is 7.54. The van der Waals surface area contributed by atoms with Crippen LogP contribution < -0.4 is 0 Å². The summed E-state index contributed by atoms with van der Waals surface area (Å²) in [6, 6.07) is 7.99. The third-order valence-corrected chi connectivity index (χ3v) is 6.85. The van der Waals surface area contributed by atoms with Crippen LogP contribution in [0.15, 0.2) is 28.6 Å². The minimum absolute atomic E-state index is 0.0854. The van der Waals surface area contributed by atoms with Crippen LogP contribution in [0.5, 0.6) is 0 Å². The minimum atomic E-state index is -1.18. The topological polar surface area (TPSA) is 33.2 Å². The molecule has 21 heavy (non-hydrogen) atoms. The van der Waals surface area contributed by atoms with Gasteiger partial charge in [0.25, 0.3) is 0 Å². The molecule has 0 saturated heterocycles. The van der Waals surface area contributed by atoms with Gasteiger partial charge in [-0.2, -0.15) is 0 Å². The van der Waals surface area contributed by atoms with Crippen molar-refractivity contribution < 1.29 is 4.21 Å². The lowest BCUT2D eigenvalue weighted by Crippen LogP contribution is -2.45. The van der Waals surface area contributed by atoms with Crippen LogP contribution in [-0.4, -0.2) is 25.6 Å². The SMILES string of the molecule is CCCCN(S(=O)c1nc2ccccc2s1)C(C)(C)CC. The van der Waals surface area contributed by atoms with Crippen molar-refractivity contribution in [2.75, 3.05) is 6.54 Å². The number of thiazole rings is 1. The van der Waals surface area contributed by atoms with E-state index in [-0.39, 0.29) is 5.54 Å². The fourth-order valence-corrected chi connectivity index (χ4v) is 4.87. The number of fused-ring (bicyclic) bond motifs is 1. The highest BCUT2D eigenvalue weighted by atomic mass is 32.2. The van der Waals surface area contributed by atoms with Crippen molar-refractivity contribution in [3.63, 3.8) is 0 Å². The number of benzene rings is 1. The second-order valence-electron chi connectivity index (χ2n) is 5.82. The van der Waals surface area contributed by atoms with Gasteiger partial charge >= 0.3 is 0 Å². The molecule has 1 atom stereocenters. The molecule has 0 N–H and O–H groups in total. The Bertz CT molecular complexity index is 589. The summed E-state index contributed by atoms with van der Waals surface area (Å²) in [7, 11) is -1.18. The van der Waals surface area contributed by atoms with Gasteiger partial charge in [0.1, 0.15) is 0 Å². The maximum atomic E-state index is 13.0. The van der Waals surface area contributed by atoms with E-state index in [1.54, 1.807) is 11.3 Å². The number of unbranched alkanes of at least 4 members (excludes halogenated alkanes) is 1. The molecule has 0 amide bonds. The molecule has 0 saturated carbocycles. The Kier molecular flexibility index (Phi) is 5.52. The van der Waals surface area contributed by atoms with Crippen molar-refractivity contribution in [3.05, 3.63) is 24.3 Å². The van der Waals surface area contributed by atoms with Gasteiger partial charge in [0.05, 0.1) is 10.2 Å². The third-order valence-electron chi connectivity index (χ3n) is 3.88. The van der Waals surface area contributed by atoms with Crippen LogP contribution >= 0.6 is 11.3 Å². The molecule has 1 unspecified atom stereocenters. The fraction of sp³-hybridized carbons (Fsp3) is 0.562. The molecule has 2 rings (SSSR count). The summed E-state index contributed by atoms with van der Waals surface area (Å²) in [6.07, 6.45) is 3.13. The smallest absolute Gasteiger partial charge is 0.197 e. The van der Waals surface area contributed by atoms with Crippen molar-refractivity contribution in [1.82, 2.24) is 9.29 Å². The van der Waals surface area contributed by atoms with E-state index in [1.807, 2.05) is 24.3 Å². The number of hydrogen-bond acceptors (Lipinski definition) is 3. The zero-order chi connectivity index (χ0) is 15.5. The molecule has 0 spiro atoms. The molecule has 0 aliphatic rings. The Balaban J connectivity index is 2.32. The van der Waals surface area contributed by atoms with Crippen LogP contribution in [-0.2, 0) is 11.0 Å². The lowest BCUT2D eigenvalue weighted by Gasteiger charge is -2.35. The predicted octanol–water partition coefficient (Wildman–Crippen LogP) is 4.61. The third kappa shape index (κ3) is 3.71. The molecule has 2 aromatic rings. The fourth-order valence-electron chi connectivity index (χ4n) is 2.11. The summed E-state index contributed by atoms with van der Waals surface area (Å²) >= 11 is 1.54. The van der Waals surface area contributed by atoms with E-state index in [0.717, 1.165) is 36.0 Å². The van der Waals surface area contributed by atoms with Gasteiger partial charge in [0, 0.05) is 12.1 Å². The Hall–Kier alpha value is -0.780. The molecule has 0 radical (unpaired) electrons. The number of rotatable bonds is 7. The molecule has 1 aromatic carbocycles. The second-order valence-corrected chi connectivity index (χ2v) is 8.43. The van der Waals surface area contributed by atoms with E-state index in [9.17, 15) is 4.21 Å². The summed E-state index contributed by atoms with van der Waals surface area (Å²) in [5.74, 6) is 0. The van der Waals surface area contributed by atoms with Gasteiger partial charge in [-0.15, -0.1) is 11.3 Å². The summed E-state index contributed by atoms with van der Waals surface area (Å²) < 4.78 is 16.9. The Morgan fingerprint density at radius 3 is 2.62 bits per heavy atom. The first-order valence-corrected chi connectivity index (χ1v) is 9.47. The highest BCUT2D eigenvalue weighted by Crippen LogP contribution is 2.29. The molecule has 3 nitrogen and oxygen atoms in total. The van der Waals surface area contributed by atoms with Crippen LogP contribution in [0.4, 0.5) is 0 Å². The van der Waals surface area contributed by atoms with Crippen molar-refractivity contribution in [2.24, 2.45) is 0 Å². The van der Waals surface area contributed by atoms with Gasteiger partial charge in [0.15, 0.2) is 15.3 Å². The summed E-state index contributed by atoms with van der Waals surface area (Å²) in [6.45, 7) is 9.48. The van der Waals surface area contributed by atoms with Crippen LogP contribution in [0, 0.1) is 0 Å². The van der Waals surface area contributed by atoms with E-state index in [2.05, 4.69) is 37.0 Å². The normalized spacial score (nSPS) is 14.0. The zero-order valence-electron chi connectivity index (χ0n) is 13.3. The van der Waals surface area contributed by atoms with Crippen molar-refractivity contribution in [3.8, 4) is 0 Å². The van der Waals surface area contributed by atoms with Gasteiger partial charge in [-0.3, -0.25) is 0 Å². The second kappa shape index (κ2) is 6.99. The van der Waals surface area contributed by atoms with Crippen molar-refractivity contribution >= 4 is 32.5 Å². The van der Waals surface area contributed by atoms with Crippen LogP contribution in [0.1, 0.15) is 47.0 Å². The quantitative estimate of drug-likeness (QED) is 0.745. The largest absolute Gasteiger partial charge is 0.235 e. The zero-order valence-corrected chi connectivity index (χ0v) is 14.9. The van der Waals surface area contributed by atoms with Gasteiger partial charge < -0.3 is 0 Å². The molecule has 1 aromatic heterocycles. The van der Waals surface area contributed by atoms with E-state index in [4.69, 9.17) is 0 Å². The number of nitrogens with zero attached hydrogens (tertiary/aromatic N) is 2. The average Bonchev–Trinajstić information content (AvgIpc) is 2.91. The Labute approximate surface area is 134 Å². The van der Waals surface area contributed by atoms with Gasteiger partial charge in [0.2, 0.25) is 0 Å². The molecular weight excluding hydrogens is 300 g/mol.